The number of hydrogen-bond acceptors (Lipinski definition) is 1. The average Bonchev–Trinajstić information content (AvgIpc) is 3.01. The molecule has 0 aliphatic rings. The van der Waals surface area contributed by atoms with Crippen LogP contribution in [0.15, 0.2) is 66.7 Å². The minimum Gasteiger partial charge on any atom is -0.508 e. The Morgan fingerprint density at radius 2 is 1.55 bits per heavy atom. The van der Waals surface area contributed by atoms with E-state index in [2.05, 4.69) is 30.5 Å². The topological polar surface area (TPSA) is 25.2 Å². The van der Waals surface area contributed by atoms with Crippen molar-refractivity contribution in [3.05, 3.63) is 101 Å². The molecule has 160 valence electrons. The normalized spacial score (nSPS) is 11.5. The second kappa shape index (κ2) is 8.93. The van der Waals surface area contributed by atoms with E-state index in [1.807, 2.05) is 30.3 Å². The highest BCUT2D eigenvalue weighted by atomic mass is 19.1. The molecule has 3 aromatic carbocycles. The molecule has 1 N–H and O–H groups in total. The Labute approximate surface area is 181 Å². The number of hydrogen-bond donors (Lipinski definition) is 1. The highest BCUT2D eigenvalue weighted by molar-refractivity contribution is 5.87. The Morgan fingerprint density at radius 3 is 2.23 bits per heavy atom. The summed E-state index contributed by atoms with van der Waals surface area (Å²) in [7, 11) is 0. The van der Waals surface area contributed by atoms with Crippen LogP contribution in [0.25, 0.3) is 10.9 Å². The van der Waals surface area contributed by atoms with Crippen LogP contribution in [0.2, 0.25) is 0 Å². The van der Waals surface area contributed by atoms with E-state index in [4.69, 9.17) is 0 Å². The van der Waals surface area contributed by atoms with Crippen molar-refractivity contribution in [3.63, 3.8) is 0 Å². The van der Waals surface area contributed by atoms with Crippen molar-refractivity contribution in [1.29, 1.82) is 0 Å². The zero-order chi connectivity index (χ0) is 22.0. The molecule has 0 unspecified atom stereocenters. The lowest BCUT2D eigenvalue weighted by molar-refractivity contribution is 0.476. The molecule has 4 heteroatoms. The largest absolute Gasteiger partial charge is 0.508 e. The molecule has 0 saturated carbocycles. The molecule has 0 aliphatic carbocycles. The van der Waals surface area contributed by atoms with Gasteiger partial charge in [0.2, 0.25) is 0 Å². The number of aromatic hydroxyl groups is 1. The number of aryl methyl sites for hydroxylation is 2. The summed E-state index contributed by atoms with van der Waals surface area (Å²) in [5, 5.41) is 11.2. The number of phenols is 1. The molecule has 0 aliphatic heterocycles. The summed E-state index contributed by atoms with van der Waals surface area (Å²) in [6, 6.07) is 19.6. The summed E-state index contributed by atoms with van der Waals surface area (Å²) >= 11 is 0. The van der Waals surface area contributed by atoms with E-state index < -0.39 is 11.6 Å². The van der Waals surface area contributed by atoms with Gasteiger partial charge in [-0.25, -0.2) is 8.78 Å². The van der Waals surface area contributed by atoms with Crippen LogP contribution in [-0.4, -0.2) is 9.67 Å². The standard InChI is InChI=1S/C27H27F2NO/c1-18(2)27-24(10-6-9-20-13-21(28)15-22(29)14-20)25-16-23(31)11-12-26(25)30(27)17-19-7-4-3-5-8-19/h3-5,7-8,11-16,18,31H,6,9-10,17H2,1-2H3. The molecule has 1 heterocycles. The Morgan fingerprint density at radius 1 is 0.839 bits per heavy atom. The van der Waals surface area contributed by atoms with Gasteiger partial charge in [0.05, 0.1) is 0 Å². The van der Waals surface area contributed by atoms with Crippen LogP contribution in [0.5, 0.6) is 5.75 Å². The van der Waals surface area contributed by atoms with Gasteiger partial charge in [-0.2, -0.15) is 0 Å². The second-order valence-corrected chi connectivity index (χ2v) is 8.42. The molecule has 4 aromatic rings. The van der Waals surface area contributed by atoms with Gasteiger partial charge in [0.1, 0.15) is 17.4 Å². The van der Waals surface area contributed by atoms with Gasteiger partial charge in [0.15, 0.2) is 0 Å². The molecule has 0 amide bonds. The molecule has 1 aromatic heterocycles. The third kappa shape index (κ3) is 4.63. The molecule has 4 rings (SSSR count). The fourth-order valence-electron chi connectivity index (χ4n) is 4.52. The summed E-state index contributed by atoms with van der Waals surface area (Å²) in [5.74, 6) is -0.544. The van der Waals surface area contributed by atoms with Crippen LogP contribution in [0.3, 0.4) is 0 Å². The average molecular weight is 420 g/mol. The number of phenolic OH excluding ortho intramolecular Hbond substituents is 1. The molecule has 0 saturated heterocycles. The maximum absolute atomic E-state index is 13.5. The lowest BCUT2D eigenvalue weighted by atomic mass is 9.97. The van der Waals surface area contributed by atoms with Crippen LogP contribution in [0.4, 0.5) is 8.78 Å². The van der Waals surface area contributed by atoms with Gasteiger partial charge in [-0.15, -0.1) is 0 Å². The third-order valence-electron chi connectivity index (χ3n) is 5.74. The first-order valence-corrected chi connectivity index (χ1v) is 10.7. The second-order valence-electron chi connectivity index (χ2n) is 8.42. The zero-order valence-electron chi connectivity index (χ0n) is 17.9. The van der Waals surface area contributed by atoms with Crippen LogP contribution in [0.1, 0.15) is 48.6 Å². The van der Waals surface area contributed by atoms with Crippen molar-refractivity contribution in [3.8, 4) is 5.75 Å². The first kappa shape index (κ1) is 21.1. The summed E-state index contributed by atoms with van der Waals surface area (Å²) in [5.41, 5.74) is 5.43. The predicted octanol–water partition coefficient (Wildman–Crippen LogP) is 6.97. The highest BCUT2D eigenvalue weighted by Gasteiger charge is 2.20. The van der Waals surface area contributed by atoms with Gasteiger partial charge < -0.3 is 9.67 Å². The molecule has 0 bridgehead atoms. The summed E-state index contributed by atoms with van der Waals surface area (Å²) in [6.45, 7) is 5.12. The number of benzene rings is 3. The Kier molecular flexibility index (Phi) is 6.08. The number of rotatable bonds is 7. The molecule has 0 radical (unpaired) electrons. The molecule has 31 heavy (non-hydrogen) atoms. The fraction of sp³-hybridized carbons (Fsp3) is 0.259. The highest BCUT2D eigenvalue weighted by Crippen LogP contribution is 2.35. The lowest BCUT2D eigenvalue weighted by Gasteiger charge is -2.16. The number of aromatic nitrogens is 1. The maximum Gasteiger partial charge on any atom is 0.126 e. The summed E-state index contributed by atoms with van der Waals surface area (Å²) in [4.78, 5) is 0. The fourth-order valence-corrected chi connectivity index (χ4v) is 4.52. The van der Waals surface area contributed by atoms with Crippen LogP contribution >= 0.6 is 0 Å². The first-order valence-electron chi connectivity index (χ1n) is 10.7. The van der Waals surface area contributed by atoms with Crippen molar-refractivity contribution < 1.29 is 13.9 Å². The maximum atomic E-state index is 13.5. The van der Waals surface area contributed by atoms with E-state index in [1.165, 1.54) is 29.0 Å². The minimum atomic E-state index is -0.540. The molecule has 2 nitrogen and oxygen atoms in total. The Hall–Kier alpha value is -3.14. The number of nitrogens with zero attached hydrogens (tertiary/aromatic N) is 1. The van der Waals surface area contributed by atoms with Crippen LogP contribution < -0.4 is 0 Å². The number of fused-ring (bicyclic) bond motifs is 1. The van der Waals surface area contributed by atoms with Gasteiger partial charge in [0.25, 0.3) is 0 Å². The molecule has 0 spiro atoms. The first-order chi connectivity index (χ1) is 14.9. The third-order valence-corrected chi connectivity index (χ3v) is 5.74. The monoisotopic (exact) mass is 419 g/mol. The van der Waals surface area contributed by atoms with E-state index in [0.717, 1.165) is 36.4 Å². The summed E-state index contributed by atoms with van der Waals surface area (Å²) in [6.07, 6.45) is 2.13. The minimum absolute atomic E-state index is 0.244. The van der Waals surface area contributed by atoms with E-state index in [1.54, 1.807) is 6.07 Å². The summed E-state index contributed by atoms with van der Waals surface area (Å²) < 4.78 is 29.4. The molecular formula is C27H27F2NO. The van der Waals surface area contributed by atoms with Crippen molar-refractivity contribution in [2.45, 2.75) is 45.6 Å². The van der Waals surface area contributed by atoms with Gasteiger partial charge >= 0.3 is 0 Å². The molecule has 0 fully saturated rings. The zero-order valence-corrected chi connectivity index (χ0v) is 17.9. The van der Waals surface area contributed by atoms with Gasteiger partial charge in [-0.05, 0) is 72.2 Å². The SMILES string of the molecule is CC(C)c1c(CCCc2cc(F)cc(F)c2)c2cc(O)ccc2n1Cc1ccccc1. The molecular weight excluding hydrogens is 392 g/mol. The predicted molar refractivity (Wildman–Crippen MR) is 122 cm³/mol. The Balaban J connectivity index is 1.71. The van der Waals surface area contributed by atoms with Crippen LogP contribution in [-0.2, 0) is 19.4 Å². The quantitative estimate of drug-likeness (QED) is 0.344. The van der Waals surface area contributed by atoms with Crippen molar-refractivity contribution in [2.24, 2.45) is 0 Å². The van der Waals surface area contributed by atoms with Gasteiger partial charge in [-0.3, -0.25) is 0 Å². The van der Waals surface area contributed by atoms with E-state index in [0.29, 0.717) is 17.9 Å². The van der Waals surface area contributed by atoms with Gasteiger partial charge in [-0.1, -0.05) is 44.2 Å². The van der Waals surface area contributed by atoms with Crippen molar-refractivity contribution in [1.82, 2.24) is 4.57 Å². The van der Waals surface area contributed by atoms with Crippen LogP contribution in [0, 0.1) is 11.6 Å². The van der Waals surface area contributed by atoms with E-state index in [9.17, 15) is 13.9 Å². The lowest BCUT2D eigenvalue weighted by Crippen LogP contribution is -2.07. The van der Waals surface area contributed by atoms with Crippen molar-refractivity contribution >= 4 is 10.9 Å². The smallest absolute Gasteiger partial charge is 0.126 e. The van der Waals surface area contributed by atoms with E-state index in [-0.39, 0.29) is 5.75 Å². The molecule has 0 atom stereocenters. The Bertz CT molecular complexity index is 1170. The van der Waals surface area contributed by atoms with Gasteiger partial charge in [0, 0.05) is 29.2 Å². The van der Waals surface area contributed by atoms with Crippen molar-refractivity contribution in [2.75, 3.05) is 0 Å². The number of halogens is 2. The van der Waals surface area contributed by atoms with E-state index >= 15 is 0 Å².